The molecule has 1 aliphatic heterocycles. The highest BCUT2D eigenvalue weighted by molar-refractivity contribution is 6.30. The molecule has 0 unspecified atom stereocenters. The Morgan fingerprint density at radius 2 is 1.97 bits per heavy atom. The van der Waals surface area contributed by atoms with Crippen molar-refractivity contribution >= 4 is 29.5 Å². The summed E-state index contributed by atoms with van der Waals surface area (Å²) in [5, 5.41) is 6.54. The first-order chi connectivity index (χ1) is 14.2. The minimum atomic E-state index is -0.368. The monoisotopic (exact) mass is 408 g/mol. The van der Waals surface area contributed by atoms with E-state index in [4.69, 9.17) is 20.8 Å². The van der Waals surface area contributed by atoms with E-state index in [1.54, 1.807) is 48.7 Å². The first-order valence-corrected chi connectivity index (χ1v) is 9.39. The van der Waals surface area contributed by atoms with Gasteiger partial charge >= 0.3 is 0 Å². The Balaban J connectivity index is 1.56. The third-order valence-corrected chi connectivity index (χ3v) is 4.86. The van der Waals surface area contributed by atoms with E-state index in [1.807, 2.05) is 18.2 Å². The van der Waals surface area contributed by atoms with Crippen molar-refractivity contribution in [2.45, 2.75) is 12.5 Å². The van der Waals surface area contributed by atoms with Gasteiger partial charge in [-0.25, -0.2) is 5.01 Å². The molecule has 0 radical (unpaired) electrons. The fourth-order valence-corrected chi connectivity index (χ4v) is 3.30. The van der Waals surface area contributed by atoms with Crippen molar-refractivity contribution in [1.29, 1.82) is 0 Å². The second-order valence-electron chi connectivity index (χ2n) is 6.47. The zero-order valence-electron chi connectivity index (χ0n) is 15.3. The smallest absolute Gasteiger partial charge is 0.281 e. The molecular weight excluding hydrogens is 392 g/mol. The van der Waals surface area contributed by atoms with Crippen LogP contribution in [0.15, 0.2) is 76.4 Å². The number of hydrogen-bond acceptors (Lipinski definition) is 5. The Labute approximate surface area is 172 Å². The number of carbonyl (C=O) groups is 2. The van der Waals surface area contributed by atoms with Gasteiger partial charge in [0.15, 0.2) is 12.9 Å². The lowest BCUT2D eigenvalue weighted by Crippen LogP contribution is -2.31. The molecule has 0 fully saturated rings. The maximum absolute atomic E-state index is 12.9. The molecule has 0 N–H and O–H groups in total. The van der Waals surface area contributed by atoms with Gasteiger partial charge in [-0.1, -0.05) is 35.9 Å². The third kappa shape index (κ3) is 4.07. The number of nitrogens with zero attached hydrogens (tertiary/aromatic N) is 2. The van der Waals surface area contributed by atoms with Gasteiger partial charge < -0.3 is 9.15 Å². The van der Waals surface area contributed by atoms with E-state index in [-0.39, 0.29) is 18.6 Å². The zero-order valence-corrected chi connectivity index (χ0v) is 16.1. The van der Waals surface area contributed by atoms with Crippen molar-refractivity contribution in [3.63, 3.8) is 0 Å². The number of furan rings is 1. The van der Waals surface area contributed by atoms with Crippen LogP contribution in [0, 0.1) is 0 Å². The van der Waals surface area contributed by atoms with E-state index < -0.39 is 0 Å². The summed E-state index contributed by atoms with van der Waals surface area (Å²) in [5.41, 5.74) is 2.02. The first kappa shape index (κ1) is 19.0. The summed E-state index contributed by atoms with van der Waals surface area (Å²) < 4.78 is 11.1. The van der Waals surface area contributed by atoms with Crippen LogP contribution in [0.2, 0.25) is 5.02 Å². The summed E-state index contributed by atoms with van der Waals surface area (Å²) in [4.78, 5) is 24.0. The Kier molecular flexibility index (Phi) is 5.44. The van der Waals surface area contributed by atoms with Crippen molar-refractivity contribution < 1.29 is 18.7 Å². The van der Waals surface area contributed by atoms with Gasteiger partial charge in [0.05, 0.1) is 17.5 Å². The maximum Gasteiger partial charge on any atom is 0.281 e. The molecule has 2 aromatic carbocycles. The summed E-state index contributed by atoms with van der Waals surface area (Å²) in [5.74, 6) is 0.655. The average molecular weight is 409 g/mol. The Morgan fingerprint density at radius 3 is 2.69 bits per heavy atom. The molecule has 0 bridgehead atoms. The van der Waals surface area contributed by atoms with Crippen molar-refractivity contribution in [3.05, 3.63) is 88.8 Å². The van der Waals surface area contributed by atoms with Gasteiger partial charge in [0, 0.05) is 11.4 Å². The fraction of sp³-hybridized carbons (Fsp3) is 0.136. The van der Waals surface area contributed by atoms with E-state index in [2.05, 4.69) is 5.10 Å². The van der Waals surface area contributed by atoms with Crippen LogP contribution in [0.5, 0.6) is 5.75 Å². The van der Waals surface area contributed by atoms with Gasteiger partial charge in [0.1, 0.15) is 17.6 Å². The largest absolute Gasteiger partial charge is 0.483 e. The summed E-state index contributed by atoms with van der Waals surface area (Å²) in [6.45, 7) is -0.251. The molecule has 146 valence electrons. The van der Waals surface area contributed by atoms with Crippen LogP contribution in [-0.2, 0) is 4.79 Å². The predicted molar refractivity (Wildman–Crippen MR) is 108 cm³/mol. The second kappa shape index (κ2) is 8.32. The topological polar surface area (TPSA) is 72.1 Å². The molecule has 0 saturated carbocycles. The van der Waals surface area contributed by atoms with E-state index in [0.29, 0.717) is 34.8 Å². The number of para-hydroxylation sites is 1. The summed E-state index contributed by atoms with van der Waals surface area (Å²) >= 11 is 5.97. The molecule has 1 amide bonds. The summed E-state index contributed by atoms with van der Waals surface area (Å²) in [7, 11) is 0. The molecule has 0 spiro atoms. The van der Waals surface area contributed by atoms with Crippen LogP contribution >= 0.6 is 11.6 Å². The first-order valence-electron chi connectivity index (χ1n) is 9.01. The molecule has 2 heterocycles. The number of hydrogen-bond donors (Lipinski definition) is 0. The Hall–Kier alpha value is -3.38. The molecule has 4 rings (SSSR count). The van der Waals surface area contributed by atoms with Gasteiger partial charge in [-0.2, -0.15) is 5.10 Å². The lowest BCUT2D eigenvalue weighted by molar-refractivity contribution is -0.135. The van der Waals surface area contributed by atoms with Crippen LogP contribution in [0.1, 0.15) is 34.1 Å². The van der Waals surface area contributed by atoms with E-state index in [1.165, 1.54) is 5.01 Å². The quantitative estimate of drug-likeness (QED) is 0.563. The molecule has 29 heavy (non-hydrogen) atoms. The Bertz CT molecular complexity index is 1040. The van der Waals surface area contributed by atoms with Crippen LogP contribution < -0.4 is 4.74 Å². The molecule has 7 heteroatoms. The van der Waals surface area contributed by atoms with Gasteiger partial charge in [-0.05, 0) is 42.0 Å². The lowest BCUT2D eigenvalue weighted by atomic mass is 10.0. The average Bonchev–Trinajstić information content (AvgIpc) is 3.42. The van der Waals surface area contributed by atoms with Crippen molar-refractivity contribution in [1.82, 2.24) is 5.01 Å². The molecule has 3 aromatic rings. The van der Waals surface area contributed by atoms with Crippen LogP contribution in [0.25, 0.3) is 0 Å². The number of aldehydes is 1. The van der Waals surface area contributed by atoms with E-state index >= 15 is 0 Å². The standard InChI is InChI=1S/C22H17ClN2O4/c23-17-9-7-15(8-10-17)18-12-19(21-6-3-11-28-21)25(24-18)22(27)14-29-20-5-2-1-4-16(20)13-26/h1-11,13,19H,12,14H2/t19-/m0/s1. The number of amides is 1. The van der Waals surface area contributed by atoms with Crippen LogP contribution in [0.4, 0.5) is 0 Å². The predicted octanol–water partition coefficient (Wildman–Crippen LogP) is 4.50. The molecular formula is C22H17ClN2O4. The van der Waals surface area contributed by atoms with Gasteiger partial charge in [-0.3, -0.25) is 9.59 Å². The number of ether oxygens (including phenoxy) is 1. The van der Waals surface area contributed by atoms with Crippen molar-refractivity contribution in [2.75, 3.05) is 6.61 Å². The molecule has 1 aromatic heterocycles. The van der Waals surface area contributed by atoms with Gasteiger partial charge in [0.2, 0.25) is 0 Å². The van der Waals surface area contributed by atoms with E-state index in [9.17, 15) is 9.59 Å². The molecule has 1 atom stereocenters. The minimum absolute atomic E-state index is 0.251. The van der Waals surface area contributed by atoms with Gasteiger partial charge in [-0.15, -0.1) is 0 Å². The maximum atomic E-state index is 12.9. The fourth-order valence-electron chi connectivity index (χ4n) is 3.17. The highest BCUT2D eigenvalue weighted by Gasteiger charge is 2.35. The summed E-state index contributed by atoms with van der Waals surface area (Å²) in [6, 6.07) is 17.3. The second-order valence-corrected chi connectivity index (χ2v) is 6.91. The number of rotatable bonds is 6. The molecule has 0 saturated heterocycles. The lowest BCUT2D eigenvalue weighted by Gasteiger charge is -2.20. The van der Waals surface area contributed by atoms with Crippen LogP contribution in [-0.4, -0.2) is 29.5 Å². The summed E-state index contributed by atoms with van der Waals surface area (Å²) in [6.07, 6.45) is 2.76. The van der Waals surface area contributed by atoms with Crippen molar-refractivity contribution in [2.24, 2.45) is 5.10 Å². The number of benzene rings is 2. The van der Waals surface area contributed by atoms with E-state index in [0.717, 1.165) is 11.3 Å². The molecule has 0 aliphatic carbocycles. The van der Waals surface area contributed by atoms with Gasteiger partial charge in [0.25, 0.3) is 5.91 Å². The minimum Gasteiger partial charge on any atom is -0.483 e. The highest BCUT2D eigenvalue weighted by atomic mass is 35.5. The number of carbonyl (C=O) groups excluding carboxylic acids is 2. The number of hydrazone groups is 1. The SMILES string of the molecule is O=Cc1ccccc1OCC(=O)N1N=C(c2ccc(Cl)cc2)C[C@H]1c1ccco1. The van der Waals surface area contributed by atoms with Crippen molar-refractivity contribution in [3.8, 4) is 5.75 Å². The molecule has 6 nitrogen and oxygen atoms in total. The highest BCUT2D eigenvalue weighted by Crippen LogP contribution is 2.33. The normalized spacial score (nSPS) is 15.8. The Morgan fingerprint density at radius 1 is 1.17 bits per heavy atom. The zero-order chi connectivity index (χ0) is 20.2. The third-order valence-electron chi connectivity index (χ3n) is 4.61. The molecule has 1 aliphatic rings. The van der Waals surface area contributed by atoms with Crippen LogP contribution in [0.3, 0.4) is 0 Å². The number of halogens is 1.